The minimum absolute atomic E-state index is 0.0222. The van der Waals surface area contributed by atoms with Gasteiger partial charge in [0.1, 0.15) is 5.75 Å². The molecule has 0 unspecified atom stereocenters. The number of benzene rings is 1. The predicted molar refractivity (Wildman–Crippen MR) is 91.9 cm³/mol. The van der Waals surface area contributed by atoms with E-state index in [4.69, 9.17) is 16.7 Å². The van der Waals surface area contributed by atoms with Gasteiger partial charge >= 0.3 is 18.6 Å². The van der Waals surface area contributed by atoms with E-state index in [1.165, 1.54) is 18.2 Å². The van der Waals surface area contributed by atoms with Crippen molar-refractivity contribution in [3.05, 3.63) is 23.2 Å². The van der Waals surface area contributed by atoms with Gasteiger partial charge in [-0.1, -0.05) is 18.5 Å². The van der Waals surface area contributed by atoms with Crippen molar-refractivity contribution in [3.63, 3.8) is 0 Å². The lowest BCUT2D eigenvalue weighted by molar-refractivity contribution is -0.139. The summed E-state index contributed by atoms with van der Waals surface area (Å²) in [6, 6.07) is 3.58. The number of halogens is 3. The number of nitrogens with one attached hydrogen (secondary N) is 2. The molecule has 2 amide bonds. The highest BCUT2D eigenvalue weighted by atomic mass is 35.5. The molecule has 7 nitrogen and oxygen atoms in total. The molecule has 1 saturated carbocycles. The minimum atomic E-state index is -2.98. The topological polar surface area (TPSA) is 90.9 Å². The molecule has 1 fully saturated rings. The molecule has 0 aromatic heterocycles. The summed E-state index contributed by atoms with van der Waals surface area (Å²) >= 11 is 5.83. The molecule has 26 heavy (non-hydrogen) atoms. The predicted octanol–water partition coefficient (Wildman–Crippen LogP) is 3.00. The maximum atomic E-state index is 12.2. The van der Waals surface area contributed by atoms with E-state index < -0.39 is 18.6 Å². The third-order valence-electron chi connectivity index (χ3n) is 4.12. The largest absolute Gasteiger partial charge is 0.480 e. The second-order valence-corrected chi connectivity index (χ2v) is 6.31. The molecule has 144 valence electrons. The molecular formula is C16H20ClF2N3O4. The van der Waals surface area contributed by atoms with E-state index in [0.717, 1.165) is 0 Å². The zero-order chi connectivity index (χ0) is 19.3. The van der Waals surface area contributed by atoms with Gasteiger partial charge in [-0.15, -0.1) is 0 Å². The molecule has 2 rings (SSSR count). The van der Waals surface area contributed by atoms with Crippen LogP contribution in [0.15, 0.2) is 18.2 Å². The van der Waals surface area contributed by atoms with Crippen molar-refractivity contribution in [3.8, 4) is 5.75 Å². The van der Waals surface area contributed by atoms with E-state index in [0.29, 0.717) is 25.1 Å². The van der Waals surface area contributed by atoms with E-state index in [1.807, 2.05) is 11.8 Å². The molecule has 1 aliphatic carbocycles. The van der Waals surface area contributed by atoms with Crippen molar-refractivity contribution < 1.29 is 28.2 Å². The van der Waals surface area contributed by atoms with E-state index in [2.05, 4.69) is 15.4 Å². The average Bonchev–Trinajstić information content (AvgIpc) is 2.50. The molecule has 0 radical (unpaired) electrons. The van der Waals surface area contributed by atoms with Gasteiger partial charge in [0.25, 0.3) is 0 Å². The molecule has 10 heteroatoms. The zero-order valence-electron chi connectivity index (χ0n) is 14.0. The van der Waals surface area contributed by atoms with Gasteiger partial charge in [-0.25, -0.2) is 4.79 Å². The van der Waals surface area contributed by atoms with Crippen LogP contribution >= 0.6 is 11.6 Å². The van der Waals surface area contributed by atoms with Gasteiger partial charge in [0.15, 0.2) is 0 Å². The van der Waals surface area contributed by atoms with Crippen LogP contribution in [0.2, 0.25) is 5.02 Å². The number of amides is 2. The first-order chi connectivity index (χ1) is 12.3. The van der Waals surface area contributed by atoms with E-state index >= 15 is 0 Å². The fourth-order valence-electron chi connectivity index (χ4n) is 2.80. The Morgan fingerprint density at radius 1 is 1.42 bits per heavy atom. The van der Waals surface area contributed by atoms with Gasteiger partial charge in [-0.05, 0) is 37.6 Å². The number of nitrogens with zero attached hydrogens (tertiary/aromatic N) is 1. The summed E-state index contributed by atoms with van der Waals surface area (Å²) in [6.45, 7) is -0.487. The van der Waals surface area contributed by atoms with Crippen molar-refractivity contribution in [2.45, 2.75) is 38.5 Å². The molecule has 0 atom stereocenters. The summed E-state index contributed by atoms with van der Waals surface area (Å²) in [4.78, 5) is 24.6. The van der Waals surface area contributed by atoms with Crippen LogP contribution in [0.25, 0.3) is 0 Å². The third-order valence-corrected chi connectivity index (χ3v) is 4.41. The number of carbonyl (C=O) groups excluding carboxylic acids is 1. The Morgan fingerprint density at radius 2 is 2.12 bits per heavy atom. The lowest BCUT2D eigenvalue weighted by atomic mass is 9.85. The summed E-state index contributed by atoms with van der Waals surface area (Å²) in [5.41, 5.74) is 0.339. The number of likely N-dealkylation sites (N-methyl/N-ethyl adjacent to an activating group) is 1. The van der Waals surface area contributed by atoms with E-state index in [-0.39, 0.29) is 29.4 Å². The Hall–Kier alpha value is -2.13. The second kappa shape index (κ2) is 9.00. The standard InChI is InChI=1S/C16H20ClF2N3O4/c1-2-22(8-14(23)24)11-5-10(6-11)21-16(25)20-9-3-4-13(12(17)7-9)26-15(18)19/h3-4,7,10-11,15H,2,5-6,8H2,1H3,(H,23,24)(H2,20,21,25). The molecule has 0 aliphatic heterocycles. The van der Waals surface area contributed by atoms with E-state index in [9.17, 15) is 18.4 Å². The summed E-state index contributed by atoms with van der Waals surface area (Å²) in [6.07, 6.45) is 1.33. The molecular weight excluding hydrogens is 372 g/mol. The number of aliphatic carboxylic acids is 1. The highest BCUT2D eigenvalue weighted by Gasteiger charge is 2.34. The van der Waals surface area contributed by atoms with Crippen molar-refractivity contribution in [1.82, 2.24) is 10.2 Å². The number of carboxylic acids is 1. The van der Waals surface area contributed by atoms with Crippen LogP contribution in [0.3, 0.4) is 0 Å². The Bertz CT molecular complexity index is 656. The first-order valence-corrected chi connectivity index (χ1v) is 8.44. The van der Waals surface area contributed by atoms with Gasteiger partial charge in [-0.2, -0.15) is 8.78 Å². The molecule has 0 saturated heterocycles. The zero-order valence-corrected chi connectivity index (χ0v) is 14.8. The molecule has 1 aliphatic rings. The highest BCUT2D eigenvalue weighted by molar-refractivity contribution is 6.32. The number of alkyl halides is 2. The Balaban J connectivity index is 1.79. The summed E-state index contributed by atoms with van der Waals surface area (Å²) in [5.74, 6) is -1.05. The van der Waals surface area contributed by atoms with Crippen LogP contribution in [-0.2, 0) is 4.79 Å². The number of ether oxygens (including phenoxy) is 1. The van der Waals surface area contributed by atoms with Gasteiger partial charge in [-0.3, -0.25) is 9.69 Å². The molecule has 0 heterocycles. The first kappa shape index (κ1) is 20.2. The van der Waals surface area contributed by atoms with Gasteiger partial charge in [0.05, 0.1) is 11.6 Å². The Kier molecular flexibility index (Phi) is 6.98. The van der Waals surface area contributed by atoms with Gasteiger partial charge in [0.2, 0.25) is 0 Å². The number of carboxylic acid groups (broad SMARTS) is 1. The minimum Gasteiger partial charge on any atom is -0.480 e. The smallest absolute Gasteiger partial charge is 0.387 e. The number of urea groups is 1. The lowest BCUT2D eigenvalue weighted by Gasteiger charge is -2.42. The van der Waals surface area contributed by atoms with Crippen LogP contribution in [0.5, 0.6) is 5.75 Å². The van der Waals surface area contributed by atoms with Crippen LogP contribution in [-0.4, -0.2) is 53.8 Å². The van der Waals surface area contributed by atoms with Crippen LogP contribution < -0.4 is 15.4 Å². The fourth-order valence-corrected chi connectivity index (χ4v) is 3.02. The maximum absolute atomic E-state index is 12.2. The molecule has 1 aromatic carbocycles. The molecule has 0 bridgehead atoms. The summed E-state index contributed by atoms with van der Waals surface area (Å²) in [5, 5.41) is 14.2. The maximum Gasteiger partial charge on any atom is 0.387 e. The fraction of sp³-hybridized carbons (Fsp3) is 0.500. The number of rotatable bonds is 8. The van der Waals surface area contributed by atoms with Crippen molar-refractivity contribution in [1.29, 1.82) is 0 Å². The summed E-state index contributed by atoms with van der Waals surface area (Å²) in [7, 11) is 0. The lowest BCUT2D eigenvalue weighted by Crippen LogP contribution is -2.55. The number of hydrogen-bond donors (Lipinski definition) is 3. The van der Waals surface area contributed by atoms with Crippen molar-refractivity contribution in [2.75, 3.05) is 18.4 Å². The summed E-state index contributed by atoms with van der Waals surface area (Å²) < 4.78 is 28.6. The van der Waals surface area contributed by atoms with E-state index in [1.54, 1.807) is 0 Å². The SMILES string of the molecule is CCN(CC(=O)O)C1CC(NC(=O)Nc2ccc(OC(F)F)c(Cl)c2)C1. The third kappa shape index (κ3) is 5.70. The number of hydrogen-bond acceptors (Lipinski definition) is 4. The average molecular weight is 392 g/mol. The Morgan fingerprint density at radius 3 is 2.65 bits per heavy atom. The quantitative estimate of drug-likeness (QED) is 0.633. The van der Waals surface area contributed by atoms with Gasteiger partial charge < -0.3 is 20.5 Å². The normalized spacial score (nSPS) is 19.2. The number of carbonyl (C=O) groups is 2. The molecule has 0 spiro atoms. The van der Waals surface area contributed by atoms with Crippen molar-refractivity contribution >= 4 is 29.3 Å². The van der Waals surface area contributed by atoms with Crippen LogP contribution in [0, 0.1) is 0 Å². The molecule has 3 N–H and O–H groups in total. The second-order valence-electron chi connectivity index (χ2n) is 5.90. The Labute approximate surface area is 154 Å². The van der Waals surface area contributed by atoms with Gasteiger partial charge in [0, 0.05) is 17.8 Å². The van der Waals surface area contributed by atoms with Crippen molar-refractivity contribution in [2.24, 2.45) is 0 Å². The highest BCUT2D eigenvalue weighted by Crippen LogP contribution is 2.29. The first-order valence-electron chi connectivity index (χ1n) is 8.06. The molecule has 1 aromatic rings. The van der Waals surface area contributed by atoms with Crippen LogP contribution in [0.4, 0.5) is 19.3 Å². The van der Waals surface area contributed by atoms with Crippen LogP contribution in [0.1, 0.15) is 19.8 Å². The monoisotopic (exact) mass is 391 g/mol. The number of anilines is 1.